The van der Waals surface area contributed by atoms with Gasteiger partial charge >= 0.3 is 0 Å². The van der Waals surface area contributed by atoms with E-state index in [1.165, 1.54) is 0 Å². The Balaban J connectivity index is 1.27. The first kappa shape index (κ1) is 24.2. The summed E-state index contributed by atoms with van der Waals surface area (Å²) < 4.78 is 17.0. The zero-order valence-electron chi connectivity index (χ0n) is 21.0. The molecule has 5 rings (SSSR count). The molecule has 2 aromatic carbocycles. The fourth-order valence-corrected chi connectivity index (χ4v) is 4.62. The van der Waals surface area contributed by atoms with Crippen molar-refractivity contribution in [3.63, 3.8) is 0 Å². The molecule has 1 atom stereocenters. The van der Waals surface area contributed by atoms with Crippen LogP contribution in [-0.2, 0) is 20.8 Å². The predicted molar refractivity (Wildman–Crippen MR) is 136 cm³/mol. The van der Waals surface area contributed by atoms with Crippen molar-refractivity contribution in [2.75, 3.05) is 64.4 Å². The summed E-state index contributed by atoms with van der Waals surface area (Å²) in [6, 6.07) is 11.5. The van der Waals surface area contributed by atoms with Crippen molar-refractivity contribution in [3.8, 4) is 11.5 Å². The molecule has 3 aliphatic heterocycles. The molecule has 0 saturated carbocycles. The molecule has 0 radical (unpaired) electrons. The van der Waals surface area contributed by atoms with Gasteiger partial charge in [0.25, 0.3) is 5.91 Å². The van der Waals surface area contributed by atoms with E-state index in [9.17, 15) is 4.79 Å². The van der Waals surface area contributed by atoms with E-state index in [1.54, 1.807) is 19.2 Å². The van der Waals surface area contributed by atoms with Gasteiger partial charge in [-0.25, -0.2) is 0 Å². The third-order valence-electron chi connectivity index (χ3n) is 6.68. The molecule has 0 spiro atoms. The number of benzene rings is 2. The van der Waals surface area contributed by atoms with Gasteiger partial charge < -0.3 is 34.2 Å². The Hall–Kier alpha value is -3.47. The van der Waals surface area contributed by atoms with E-state index in [1.807, 2.05) is 42.6 Å². The summed E-state index contributed by atoms with van der Waals surface area (Å²) in [6.07, 6.45) is 2.61. The van der Waals surface area contributed by atoms with Crippen molar-refractivity contribution >= 4 is 23.0 Å². The fourth-order valence-electron chi connectivity index (χ4n) is 4.62. The van der Waals surface area contributed by atoms with Gasteiger partial charge in [0, 0.05) is 56.2 Å². The normalized spacial score (nSPS) is 19.8. The lowest BCUT2D eigenvalue weighted by Crippen LogP contribution is -2.45. The monoisotopic (exact) mass is 495 g/mol. The van der Waals surface area contributed by atoms with Crippen molar-refractivity contribution in [2.24, 2.45) is 0 Å². The second-order valence-corrected chi connectivity index (χ2v) is 9.21. The number of likely N-dealkylation sites (N-methyl/N-ethyl adjacent to an activating group) is 1. The smallest absolute Gasteiger partial charge is 0.265 e. The van der Waals surface area contributed by atoms with Gasteiger partial charge in [0.05, 0.1) is 19.0 Å². The van der Waals surface area contributed by atoms with Crippen LogP contribution in [0.5, 0.6) is 11.5 Å². The van der Waals surface area contributed by atoms with Gasteiger partial charge in [0.15, 0.2) is 11.9 Å². The van der Waals surface area contributed by atoms with Crippen LogP contribution in [0.3, 0.4) is 0 Å². The van der Waals surface area contributed by atoms with E-state index in [0.29, 0.717) is 24.6 Å². The summed E-state index contributed by atoms with van der Waals surface area (Å²) >= 11 is 0. The number of anilines is 2. The number of carbonyl (C=O) groups excluding carboxylic acids is 1. The highest BCUT2D eigenvalue weighted by Gasteiger charge is 2.31. The second-order valence-electron chi connectivity index (χ2n) is 9.21. The van der Waals surface area contributed by atoms with E-state index >= 15 is 0 Å². The molecular weight excluding hydrogens is 462 g/mol. The fraction of sp³-hybridized carbons (Fsp3) is 0.423. The van der Waals surface area contributed by atoms with Crippen LogP contribution in [0.25, 0.3) is 5.76 Å². The van der Waals surface area contributed by atoms with Crippen LogP contribution in [0, 0.1) is 0 Å². The SMILES string of the molecule is COCN1C=C(c2ccc(NC(=O)C3CCc4cc(OC)cc(N5CCN(C)CC5)c4O3)cc2)ON1. The van der Waals surface area contributed by atoms with Crippen LogP contribution in [0.2, 0.25) is 0 Å². The number of hydrazine groups is 1. The Labute approximate surface area is 211 Å². The molecule has 0 bridgehead atoms. The van der Waals surface area contributed by atoms with Gasteiger partial charge in [-0.05, 0) is 50.2 Å². The molecule has 2 N–H and O–H groups in total. The summed E-state index contributed by atoms with van der Waals surface area (Å²) in [6.45, 7) is 4.14. The average molecular weight is 496 g/mol. The van der Waals surface area contributed by atoms with Crippen molar-refractivity contribution < 1.29 is 23.8 Å². The molecule has 36 heavy (non-hydrogen) atoms. The van der Waals surface area contributed by atoms with Crippen LogP contribution in [-0.4, -0.2) is 76.1 Å². The minimum Gasteiger partial charge on any atom is -0.497 e. The highest BCUT2D eigenvalue weighted by atomic mass is 16.7. The number of fused-ring (bicyclic) bond motifs is 1. The molecule has 2 aromatic rings. The van der Waals surface area contributed by atoms with E-state index < -0.39 is 6.10 Å². The lowest BCUT2D eigenvalue weighted by molar-refractivity contribution is -0.123. The zero-order valence-corrected chi connectivity index (χ0v) is 21.0. The summed E-state index contributed by atoms with van der Waals surface area (Å²) in [5.74, 6) is 2.12. The van der Waals surface area contributed by atoms with E-state index in [2.05, 4.69) is 27.8 Å². The molecule has 1 amide bonds. The number of amides is 1. The number of hydrogen-bond acceptors (Lipinski definition) is 9. The maximum Gasteiger partial charge on any atom is 0.265 e. The number of nitrogens with one attached hydrogen (secondary N) is 2. The predicted octanol–water partition coefficient (Wildman–Crippen LogP) is 2.43. The lowest BCUT2D eigenvalue weighted by Gasteiger charge is -2.37. The van der Waals surface area contributed by atoms with Gasteiger partial charge in [0.2, 0.25) is 0 Å². The van der Waals surface area contributed by atoms with Gasteiger partial charge in [-0.2, -0.15) is 0 Å². The lowest BCUT2D eigenvalue weighted by atomic mass is 9.99. The highest BCUT2D eigenvalue weighted by Crippen LogP contribution is 2.41. The number of nitrogens with zero attached hydrogens (tertiary/aromatic N) is 3. The molecule has 3 aliphatic rings. The first-order valence-electron chi connectivity index (χ1n) is 12.2. The van der Waals surface area contributed by atoms with Crippen molar-refractivity contribution in [2.45, 2.75) is 18.9 Å². The highest BCUT2D eigenvalue weighted by molar-refractivity contribution is 5.95. The van der Waals surface area contributed by atoms with Crippen LogP contribution in [0.1, 0.15) is 17.5 Å². The second kappa shape index (κ2) is 10.7. The molecule has 10 heteroatoms. The molecule has 192 valence electrons. The summed E-state index contributed by atoms with van der Waals surface area (Å²) in [7, 11) is 5.43. The summed E-state index contributed by atoms with van der Waals surface area (Å²) in [5, 5.41) is 4.69. The minimum absolute atomic E-state index is 0.155. The largest absolute Gasteiger partial charge is 0.497 e. The first-order chi connectivity index (χ1) is 17.5. The molecule has 1 saturated heterocycles. The number of hydrogen-bond donors (Lipinski definition) is 2. The molecule has 3 heterocycles. The zero-order chi connectivity index (χ0) is 25.1. The van der Waals surface area contributed by atoms with Crippen LogP contribution < -0.4 is 25.3 Å². The number of piperazine rings is 1. The Bertz CT molecular complexity index is 1110. The Morgan fingerprint density at radius 2 is 1.92 bits per heavy atom. The van der Waals surface area contributed by atoms with Crippen molar-refractivity contribution in [1.29, 1.82) is 0 Å². The Morgan fingerprint density at radius 3 is 2.64 bits per heavy atom. The van der Waals surface area contributed by atoms with Gasteiger partial charge in [-0.15, -0.1) is 0 Å². The summed E-state index contributed by atoms with van der Waals surface area (Å²) in [5.41, 5.74) is 6.42. The van der Waals surface area contributed by atoms with Crippen molar-refractivity contribution in [3.05, 3.63) is 53.7 Å². The molecule has 1 unspecified atom stereocenters. The van der Waals surface area contributed by atoms with Gasteiger partial charge in [-0.3, -0.25) is 9.80 Å². The molecule has 0 aromatic heterocycles. The topological polar surface area (TPSA) is 87.8 Å². The van der Waals surface area contributed by atoms with Crippen molar-refractivity contribution in [1.82, 2.24) is 15.5 Å². The van der Waals surface area contributed by atoms with Crippen LogP contribution in [0.15, 0.2) is 42.6 Å². The van der Waals surface area contributed by atoms with Gasteiger partial charge in [-0.1, -0.05) is 5.59 Å². The van der Waals surface area contributed by atoms with E-state index in [4.69, 9.17) is 19.0 Å². The molecule has 10 nitrogen and oxygen atoms in total. The molecular formula is C26H33N5O5. The Morgan fingerprint density at radius 1 is 1.14 bits per heavy atom. The third kappa shape index (κ3) is 5.20. The first-order valence-corrected chi connectivity index (χ1v) is 12.2. The standard InChI is InChI=1S/C26H33N5O5/c1-29-10-12-30(13-11-29)22-15-21(34-3)14-19-6-9-23(35-25(19)22)26(32)27-20-7-4-18(5-8-20)24-16-31(17-33-2)28-36-24/h4-5,7-8,14-16,23,28H,6,9-13,17H2,1-3H3,(H,27,32). The molecule has 0 aliphatic carbocycles. The number of rotatable bonds is 7. The number of methoxy groups -OCH3 is 2. The number of ether oxygens (including phenoxy) is 3. The number of aryl methyl sites for hydroxylation is 1. The van der Waals surface area contributed by atoms with E-state index in [-0.39, 0.29) is 5.91 Å². The quantitative estimate of drug-likeness (QED) is 0.601. The van der Waals surface area contributed by atoms with Gasteiger partial charge in [0.1, 0.15) is 18.2 Å². The Kier molecular flexibility index (Phi) is 7.17. The van der Waals surface area contributed by atoms with Crippen LogP contribution >= 0.6 is 0 Å². The average Bonchev–Trinajstić information content (AvgIpc) is 3.37. The number of carbonyl (C=O) groups is 1. The van der Waals surface area contributed by atoms with Crippen LogP contribution in [0.4, 0.5) is 11.4 Å². The maximum absolute atomic E-state index is 13.1. The third-order valence-corrected chi connectivity index (χ3v) is 6.68. The maximum atomic E-state index is 13.1. The van der Waals surface area contributed by atoms with E-state index in [0.717, 1.165) is 60.9 Å². The minimum atomic E-state index is -0.565. The summed E-state index contributed by atoms with van der Waals surface area (Å²) in [4.78, 5) is 23.2. The molecule has 1 fully saturated rings.